The van der Waals surface area contributed by atoms with Gasteiger partial charge in [0.1, 0.15) is 0 Å². The summed E-state index contributed by atoms with van der Waals surface area (Å²) in [6.07, 6.45) is 3.68. The van der Waals surface area contributed by atoms with Crippen molar-refractivity contribution in [1.29, 1.82) is 0 Å². The first-order valence-corrected chi connectivity index (χ1v) is 5.91. The van der Waals surface area contributed by atoms with Crippen molar-refractivity contribution in [2.24, 2.45) is 11.8 Å². The van der Waals surface area contributed by atoms with Gasteiger partial charge in [-0.3, -0.25) is 4.98 Å². The second kappa shape index (κ2) is 6.48. The molecule has 0 fully saturated rings. The SMILES string of the molecule is CNCC(CN(C)c1ccncc1)C(C)C. The van der Waals surface area contributed by atoms with Gasteiger partial charge in [0.05, 0.1) is 0 Å². The van der Waals surface area contributed by atoms with Crippen LogP contribution in [0.15, 0.2) is 24.5 Å². The van der Waals surface area contributed by atoms with Crippen molar-refractivity contribution in [1.82, 2.24) is 10.3 Å². The van der Waals surface area contributed by atoms with Crippen LogP contribution in [0.2, 0.25) is 0 Å². The highest BCUT2D eigenvalue weighted by Crippen LogP contribution is 2.16. The molecular weight excluding hydrogens is 198 g/mol. The number of aromatic nitrogens is 1. The highest BCUT2D eigenvalue weighted by molar-refractivity contribution is 5.43. The Balaban J connectivity index is 2.58. The van der Waals surface area contributed by atoms with Crippen molar-refractivity contribution in [2.45, 2.75) is 13.8 Å². The molecule has 0 aliphatic heterocycles. The Bertz CT molecular complexity index is 284. The van der Waals surface area contributed by atoms with E-state index in [0.717, 1.165) is 13.1 Å². The smallest absolute Gasteiger partial charge is 0.0394 e. The molecule has 0 saturated heterocycles. The van der Waals surface area contributed by atoms with Gasteiger partial charge in [-0.2, -0.15) is 0 Å². The number of anilines is 1. The van der Waals surface area contributed by atoms with Crippen LogP contribution in [0.3, 0.4) is 0 Å². The second-order valence-electron chi connectivity index (χ2n) is 4.65. The lowest BCUT2D eigenvalue weighted by molar-refractivity contribution is 0.376. The maximum absolute atomic E-state index is 4.04. The lowest BCUT2D eigenvalue weighted by Crippen LogP contribution is -2.34. The summed E-state index contributed by atoms with van der Waals surface area (Å²) in [4.78, 5) is 6.33. The molecule has 1 aromatic heterocycles. The van der Waals surface area contributed by atoms with Gasteiger partial charge >= 0.3 is 0 Å². The monoisotopic (exact) mass is 221 g/mol. The molecule has 0 bridgehead atoms. The Morgan fingerprint density at radius 2 is 1.94 bits per heavy atom. The van der Waals surface area contributed by atoms with Crippen molar-refractivity contribution < 1.29 is 0 Å². The van der Waals surface area contributed by atoms with Crippen molar-refractivity contribution in [2.75, 3.05) is 32.1 Å². The normalized spacial score (nSPS) is 12.8. The van der Waals surface area contributed by atoms with Gasteiger partial charge in [0.25, 0.3) is 0 Å². The Morgan fingerprint density at radius 1 is 1.31 bits per heavy atom. The van der Waals surface area contributed by atoms with E-state index in [4.69, 9.17) is 0 Å². The van der Waals surface area contributed by atoms with E-state index in [0.29, 0.717) is 11.8 Å². The average Bonchev–Trinajstić information content (AvgIpc) is 2.29. The minimum absolute atomic E-state index is 0.670. The van der Waals surface area contributed by atoms with Crippen molar-refractivity contribution >= 4 is 5.69 Å². The molecule has 3 nitrogen and oxygen atoms in total. The molecule has 16 heavy (non-hydrogen) atoms. The predicted octanol–water partition coefficient (Wildman–Crippen LogP) is 2.01. The number of hydrogen-bond acceptors (Lipinski definition) is 3. The molecule has 0 aromatic carbocycles. The molecule has 1 atom stereocenters. The third kappa shape index (κ3) is 3.81. The zero-order chi connectivity index (χ0) is 12.0. The summed E-state index contributed by atoms with van der Waals surface area (Å²) >= 11 is 0. The summed E-state index contributed by atoms with van der Waals surface area (Å²) in [5.74, 6) is 1.36. The van der Waals surface area contributed by atoms with E-state index in [2.05, 4.69) is 48.2 Å². The second-order valence-corrected chi connectivity index (χ2v) is 4.65. The first-order valence-electron chi connectivity index (χ1n) is 5.91. The van der Waals surface area contributed by atoms with Crippen LogP contribution in [0.1, 0.15) is 13.8 Å². The maximum Gasteiger partial charge on any atom is 0.0394 e. The van der Waals surface area contributed by atoms with E-state index in [1.54, 1.807) is 0 Å². The van der Waals surface area contributed by atoms with Crippen molar-refractivity contribution in [3.63, 3.8) is 0 Å². The van der Waals surface area contributed by atoms with Crippen LogP contribution in [0, 0.1) is 11.8 Å². The Kier molecular flexibility index (Phi) is 5.26. The average molecular weight is 221 g/mol. The summed E-state index contributed by atoms with van der Waals surface area (Å²) in [5.41, 5.74) is 1.23. The Morgan fingerprint density at radius 3 is 2.44 bits per heavy atom. The van der Waals surface area contributed by atoms with Crippen LogP contribution >= 0.6 is 0 Å². The minimum atomic E-state index is 0.670. The third-order valence-corrected chi connectivity index (χ3v) is 3.02. The Hall–Kier alpha value is -1.09. The first-order chi connectivity index (χ1) is 7.65. The lowest BCUT2D eigenvalue weighted by Gasteiger charge is -2.28. The maximum atomic E-state index is 4.04. The van der Waals surface area contributed by atoms with Crippen LogP contribution in [0.5, 0.6) is 0 Å². The summed E-state index contributed by atoms with van der Waals surface area (Å²) < 4.78 is 0. The summed E-state index contributed by atoms with van der Waals surface area (Å²) in [5, 5.41) is 3.27. The quantitative estimate of drug-likeness (QED) is 0.796. The number of rotatable bonds is 6. The number of nitrogens with zero attached hydrogens (tertiary/aromatic N) is 2. The highest BCUT2D eigenvalue weighted by Gasteiger charge is 2.14. The molecule has 1 rings (SSSR count). The van der Waals surface area contributed by atoms with Gasteiger partial charge in [-0.15, -0.1) is 0 Å². The number of nitrogens with one attached hydrogen (secondary N) is 1. The molecule has 1 heterocycles. The Labute approximate surface area is 98.9 Å². The molecular formula is C13H23N3. The van der Waals surface area contributed by atoms with Gasteiger partial charge in [-0.25, -0.2) is 0 Å². The molecule has 3 heteroatoms. The molecule has 1 N–H and O–H groups in total. The van der Waals surface area contributed by atoms with Crippen LogP contribution in [-0.4, -0.2) is 32.2 Å². The van der Waals surface area contributed by atoms with Gasteiger partial charge in [-0.05, 0) is 37.6 Å². The fourth-order valence-electron chi connectivity index (χ4n) is 1.83. The van der Waals surface area contributed by atoms with Gasteiger partial charge in [-0.1, -0.05) is 13.8 Å². The van der Waals surface area contributed by atoms with Crippen molar-refractivity contribution in [3.8, 4) is 0 Å². The van der Waals surface area contributed by atoms with E-state index in [9.17, 15) is 0 Å². The van der Waals surface area contributed by atoms with E-state index >= 15 is 0 Å². The van der Waals surface area contributed by atoms with Crippen LogP contribution in [0.25, 0.3) is 0 Å². The molecule has 1 aromatic rings. The molecule has 0 spiro atoms. The van der Waals surface area contributed by atoms with Gasteiger partial charge in [0, 0.05) is 31.7 Å². The zero-order valence-electron chi connectivity index (χ0n) is 10.8. The summed E-state index contributed by atoms with van der Waals surface area (Å²) in [7, 11) is 4.15. The zero-order valence-corrected chi connectivity index (χ0v) is 10.8. The van der Waals surface area contributed by atoms with E-state index in [-0.39, 0.29) is 0 Å². The van der Waals surface area contributed by atoms with Crippen LogP contribution in [-0.2, 0) is 0 Å². The lowest BCUT2D eigenvalue weighted by atomic mass is 9.95. The largest absolute Gasteiger partial charge is 0.374 e. The third-order valence-electron chi connectivity index (χ3n) is 3.02. The molecule has 90 valence electrons. The standard InChI is InChI=1S/C13H23N3/c1-11(2)12(9-14-3)10-16(4)13-5-7-15-8-6-13/h5-8,11-12,14H,9-10H2,1-4H3. The van der Waals surface area contributed by atoms with Gasteiger partial charge in [0.2, 0.25) is 0 Å². The minimum Gasteiger partial charge on any atom is -0.374 e. The topological polar surface area (TPSA) is 28.2 Å². The highest BCUT2D eigenvalue weighted by atomic mass is 15.1. The van der Waals surface area contributed by atoms with Gasteiger partial charge in [0.15, 0.2) is 0 Å². The van der Waals surface area contributed by atoms with E-state index in [1.165, 1.54) is 5.69 Å². The molecule has 0 amide bonds. The fourth-order valence-corrected chi connectivity index (χ4v) is 1.83. The van der Waals surface area contributed by atoms with Crippen LogP contribution < -0.4 is 10.2 Å². The molecule has 0 aliphatic carbocycles. The van der Waals surface area contributed by atoms with E-state index in [1.807, 2.05) is 19.4 Å². The molecule has 0 radical (unpaired) electrons. The fraction of sp³-hybridized carbons (Fsp3) is 0.615. The molecule has 0 saturated carbocycles. The molecule has 0 aliphatic rings. The predicted molar refractivity (Wildman–Crippen MR) is 69.8 cm³/mol. The van der Waals surface area contributed by atoms with E-state index < -0.39 is 0 Å². The number of hydrogen-bond donors (Lipinski definition) is 1. The van der Waals surface area contributed by atoms with Gasteiger partial charge < -0.3 is 10.2 Å². The summed E-state index contributed by atoms with van der Waals surface area (Å²) in [6, 6.07) is 4.10. The molecule has 1 unspecified atom stereocenters. The number of pyridine rings is 1. The van der Waals surface area contributed by atoms with Crippen molar-refractivity contribution in [3.05, 3.63) is 24.5 Å². The van der Waals surface area contributed by atoms with Crippen LogP contribution in [0.4, 0.5) is 5.69 Å². The summed E-state index contributed by atoms with van der Waals surface area (Å²) in [6.45, 7) is 6.69. The first kappa shape index (κ1) is 13.0.